The van der Waals surface area contributed by atoms with Crippen LogP contribution in [0.1, 0.15) is 53.4 Å². The van der Waals surface area contributed by atoms with E-state index in [1.165, 1.54) is 0 Å². The number of primary amides is 1. The van der Waals surface area contributed by atoms with E-state index in [0.29, 0.717) is 0 Å². The lowest BCUT2D eigenvalue weighted by molar-refractivity contribution is -0.181. The molecule has 1 heterocycles. The van der Waals surface area contributed by atoms with E-state index < -0.39 is 5.54 Å². The van der Waals surface area contributed by atoms with E-state index >= 15 is 0 Å². The summed E-state index contributed by atoms with van der Waals surface area (Å²) in [4.78, 5) is 14.1. The van der Waals surface area contributed by atoms with Crippen LogP contribution >= 0.6 is 0 Å². The van der Waals surface area contributed by atoms with E-state index in [1.54, 1.807) is 0 Å². The lowest BCUT2D eigenvalue weighted by Gasteiger charge is -2.47. The zero-order chi connectivity index (χ0) is 15.9. The zero-order valence-electron chi connectivity index (χ0n) is 13.9. The summed E-state index contributed by atoms with van der Waals surface area (Å²) in [6.45, 7) is 11.3. The Morgan fingerprint density at radius 1 is 1.24 bits per heavy atom. The van der Waals surface area contributed by atoms with E-state index in [9.17, 15) is 4.79 Å². The summed E-state index contributed by atoms with van der Waals surface area (Å²) >= 11 is 0. The maximum absolute atomic E-state index is 11.7. The molecule has 0 bridgehead atoms. The number of rotatable bonds is 4. The second kappa shape index (κ2) is 5.52. The van der Waals surface area contributed by atoms with Crippen LogP contribution in [0.5, 0.6) is 0 Å². The third-order valence-electron chi connectivity index (χ3n) is 4.89. The minimum absolute atomic E-state index is 0.138. The molecular weight excluding hydrogens is 266 g/mol. The smallest absolute Gasteiger partial charge is 0.237 e. The van der Waals surface area contributed by atoms with E-state index in [4.69, 9.17) is 16.2 Å². The third-order valence-corrected chi connectivity index (χ3v) is 4.89. The van der Waals surface area contributed by atoms with Gasteiger partial charge in [0.2, 0.25) is 5.91 Å². The summed E-state index contributed by atoms with van der Waals surface area (Å²) in [5, 5.41) is 0. The van der Waals surface area contributed by atoms with Crippen molar-refractivity contribution < 1.29 is 9.53 Å². The van der Waals surface area contributed by atoms with Crippen molar-refractivity contribution in [2.75, 3.05) is 19.6 Å². The largest absolute Gasteiger partial charge is 0.368 e. The molecular formula is C16H31N3O2. The van der Waals surface area contributed by atoms with Gasteiger partial charge in [-0.1, -0.05) is 6.42 Å². The molecule has 1 saturated heterocycles. The second-order valence-corrected chi connectivity index (χ2v) is 8.11. The first-order chi connectivity index (χ1) is 9.54. The minimum atomic E-state index is -0.794. The minimum Gasteiger partial charge on any atom is -0.368 e. The average molecular weight is 297 g/mol. The maximum Gasteiger partial charge on any atom is 0.237 e. The van der Waals surface area contributed by atoms with E-state index in [1.807, 2.05) is 0 Å². The maximum atomic E-state index is 11.7. The van der Waals surface area contributed by atoms with E-state index in [-0.39, 0.29) is 23.0 Å². The van der Waals surface area contributed by atoms with Crippen LogP contribution in [0.3, 0.4) is 0 Å². The fraction of sp³-hybridized carbons (Fsp3) is 0.938. The molecule has 5 nitrogen and oxygen atoms in total. The van der Waals surface area contributed by atoms with Crippen molar-refractivity contribution in [2.45, 2.75) is 70.1 Å². The molecule has 122 valence electrons. The van der Waals surface area contributed by atoms with E-state index in [2.05, 4.69) is 32.6 Å². The van der Waals surface area contributed by atoms with Crippen LogP contribution in [0, 0.1) is 5.92 Å². The van der Waals surface area contributed by atoms with Crippen LogP contribution in [-0.2, 0) is 9.53 Å². The molecule has 1 amide bonds. The monoisotopic (exact) mass is 297 g/mol. The molecule has 5 heteroatoms. The van der Waals surface area contributed by atoms with Gasteiger partial charge < -0.3 is 16.2 Å². The zero-order valence-corrected chi connectivity index (χ0v) is 13.9. The molecule has 0 aromatic carbocycles. The number of amides is 1. The number of ether oxygens (including phenoxy) is 1. The van der Waals surface area contributed by atoms with Crippen molar-refractivity contribution in [1.82, 2.24) is 4.90 Å². The normalized spacial score (nSPS) is 35.8. The van der Waals surface area contributed by atoms with Crippen molar-refractivity contribution in [1.29, 1.82) is 0 Å². The first-order valence-electron chi connectivity index (χ1n) is 8.05. The number of nitrogens with two attached hydrogens (primary N) is 2. The van der Waals surface area contributed by atoms with Gasteiger partial charge in [-0.05, 0) is 59.4 Å². The van der Waals surface area contributed by atoms with Gasteiger partial charge in [0, 0.05) is 13.1 Å². The molecule has 2 unspecified atom stereocenters. The van der Waals surface area contributed by atoms with E-state index in [0.717, 1.165) is 45.3 Å². The Kier molecular flexibility index (Phi) is 4.40. The highest BCUT2D eigenvalue weighted by atomic mass is 16.5. The van der Waals surface area contributed by atoms with Gasteiger partial charge in [0.05, 0.1) is 16.7 Å². The molecule has 2 aliphatic rings. The number of morpholine rings is 1. The SMILES string of the molecule is CC1(C)CN(CCC2CCCC2(N)C(N)=O)CC(C)(C)O1. The summed E-state index contributed by atoms with van der Waals surface area (Å²) in [5.74, 6) is -0.128. The first kappa shape index (κ1) is 16.7. The Balaban J connectivity index is 1.95. The molecule has 1 aliphatic heterocycles. The predicted molar refractivity (Wildman–Crippen MR) is 83.8 cm³/mol. The van der Waals surface area contributed by atoms with Crippen LogP contribution in [0.2, 0.25) is 0 Å². The topological polar surface area (TPSA) is 81.6 Å². The highest BCUT2D eigenvalue weighted by Gasteiger charge is 2.45. The Bertz CT molecular complexity index is 392. The van der Waals surface area contributed by atoms with Crippen molar-refractivity contribution >= 4 is 5.91 Å². The summed E-state index contributed by atoms with van der Waals surface area (Å²) < 4.78 is 6.10. The lowest BCUT2D eigenvalue weighted by Crippen LogP contribution is -2.58. The quantitative estimate of drug-likeness (QED) is 0.818. The van der Waals surface area contributed by atoms with Gasteiger partial charge in [-0.15, -0.1) is 0 Å². The third kappa shape index (κ3) is 3.76. The molecule has 0 aromatic heterocycles. The van der Waals surface area contributed by atoms with Crippen LogP contribution < -0.4 is 11.5 Å². The fourth-order valence-electron chi connectivity index (χ4n) is 4.27. The van der Waals surface area contributed by atoms with Gasteiger partial charge in [0.15, 0.2) is 0 Å². The van der Waals surface area contributed by atoms with Crippen LogP contribution in [0.25, 0.3) is 0 Å². The number of carbonyl (C=O) groups excluding carboxylic acids is 1. The highest BCUT2D eigenvalue weighted by Crippen LogP contribution is 2.36. The first-order valence-corrected chi connectivity index (χ1v) is 8.05. The molecule has 0 radical (unpaired) electrons. The molecule has 2 atom stereocenters. The van der Waals surface area contributed by atoms with Gasteiger partial charge in [-0.2, -0.15) is 0 Å². The van der Waals surface area contributed by atoms with Crippen LogP contribution in [-0.4, -0.2) is 47.2 Å². The Morgan fingerprint density at radius 3 is 2.33 bits per heavy atom. The molecule has 4 N–H and O–H groups in total. The standard InChI is InChI=1S/C16H31N3O2/c1-14(2)10-19(11-15(3,4)21-14)9-7-12-6-5-8-16(12,18)13(17)20/h12H,5-11,18H2,1-4H3,(H2,17,20). The van der Waals surface area contributed by atoms with Crippen molar-refractivity contribution in [3.05, 3.63) is 0 Å². The Hall–Kier alpha value is -0.650. The van der Waals surface area contributed by atoms with Gasteiger partial charge in [-0.3, -0.25) is 9.69 Å². The van der Waals surface area contributed by atoms with Crippen molar-refractivity contribution in [3.63, 3.8) is 0 Å². The van der Waals surface area contributed by atoms with Crippen molar-refractivity contribution in [2.24, 2.45) is 17.4 Å². The average Bonchev–Trinajstić information content (AvgIpc) is 2.65. The predicted octanol–water partition coefficient (Wildman–Crippen LogP) is 1.25. The van der Waals surface area contributed by atoms with Crippen LogP contribution in [0.15, 0.2) is 0 Å². The fourth-order valence-corrected chi connectivity index (χ4v) is 4.27. The number of carbonyl (C=O) groups is 1. The van der Waals surface area contributed by atoms with Gasteiger partial charge in [0.25, 0.3) is 0 Å². The molecule has 0 spiro atoms. The number of nitrogens with zero attached hydrogens (tertiary/aromatic N) is 1. The highest BCUT2D eigenvalue weighted by molar-refractivity contribution is 5.85. The summed E-state index contributed by atoms with van der Waals surface area (Å²) in [5.41, 5.74) is 10.7. The molecule has 1 saturated carbocycles. The summed E-state index contributed by atoms with van der Waals surface area (Å²) in [6, 6.07) is 0. The van der Waals surface area contributed by atoms with Gasteiger partial charge in [-0.25, -0.2) is 0 Å². The number of hydrogen-bond acceptors (Lipinski definition) is 4. The van der Waals surface area contributed by atoms with Gasteiger partial charge >= 0.3 is 0 Å². The molecule has 21 heavy (non-hydrogen) atoms. The summed E-state index contributed by atoms with van der Waals surface area (Å²) in [7, 11) is 0. The second-order valence-electron chi connectivity index (χ2n) is 8.11. The van der Waals surface area contributed by atoms with Gasteiger partial charge in [0.1, 0.15) is 0 Å². The van der Waals surface area contributed by atoms with Crippen molar-refractivity contribution in [3.8, 4) is 0 Å². The van der Waals surface area contributed by atoms with Crippen LogP contribution in [0.4, 0.5) is 0 Å². The Morgan fingerprint density at radius 2 is 1.81 bits per heavy atom. The Labute approximate surface area is 128 Å². The lowest BCUT2D eigenvalue weighted by atomic mass is 9.84. The summed E-state index contributed by atoms with van der Waals surface area (Å²) in [6.07, 6.45) is 3.68. The molecule has 1 aliphatic carbocycles. The molecule has 2 fully saturated rings. The number of hydrogen-bond donors (Lipinski definition) is 2. The molecule has 0 aromatic rings. The molecule has 2 rings (SSSR count).